The highest BCUT2D eigenvalue weighted by atomic mass is 16.6. The van der Waals surface area contributed by atoms with Crippen molar-refractivity contribution in [3.63, 3.8) is 0 Å². The van der Waals surface area contributed by atoms with Crippen molar-refractivity contribution in [1.29, 1.82) is 0 Å². The van der Waals surface area contributed by atoms with Crippen molar-refractivity contribution in [2.24, 2.45) is 0 Å². The number of amides is 4. The van der Waals surface area contributed by atoms with E-state index in [0.717, 1.165) is 11.0 Å². The molecule has 1 aliphatic rings. The maximum Gasteiger partial charge on any atom is 0.275 e. The lowest BCUT2D eigenvalue weighted by Crippen LogP contribution is -2.39. The Morgan fingerprint density at radius 3 is 2.52 bits per heavy atom. The zero-order valence-corrected chi connectivity index (χ0v) is 18.0. The normalized spacial score (nSPS) is 13.7. The number of hydrogen-bond donors (Lipinski definition) is 3. The first kappa shape index (κ1) is 25.4. The summed E-state index contributed by atoms with van der Waals surface area (Å²) >= 11 is 0. The van der Waals surface area contributed by atoms with Crippen LogP contribution in [0.15, 0.2) is 43.0 Å². The molecule has 1 aromatic rings. The Balaban J connectivity index is 1.92. The zero-order chi connectivity index (χ0) is 24.4. The Kier molecular flexibility index (Phi) is 9.43. The average molecular weight is 458 g/mol. The third-order valence-corrected chi connectivity index (χ3v) is 5.02. The van der Waals surface area contributed by atoms with Crippen LogP contribution in [0.1, 0.15) is 41.6 Å². The topological polar surface area (TPSA) is 159 Å². The van der Waals surface area contributed by atoms with Crippen molar-refractivity contribution >= 4 is 29.3 Å². The molecule has 0 spiro atoms. The number of hydrogen-bond acceptors (Lipinski definition) is 7. The Hall–Kier alpha value is -3.86. The third-order valence-electron chi connectivity index (χ3n) is 5.02. The molecule has 11 nitrogen and oxygen atoms in total. The molecule has 0 bridgehead atoms. The SMILES string of the molecule is C=CCC(=O)NC(CCCN1C(=O)C=CC1=O)CCNC(=O)c1ccc(CO)c([N+](=O)[O-])c1. The monoisotopic (exact) mass is 458 g/mol. The van der Waals surface area contributed by atoms with Crippen LogP contribution < -0.4 is 10.6 Å². The number of carbonyl (C=O) groups excluding carboxylic acids is 4. The largest absolute Gasteiger partial charge is 0.391 e. The second-order valence-corrected chi connectivity index (χ2v) is 7.36. The van der Waals surface area contributed by atoms with Crippen LogP contribution in [0, 0.1) is 10.1 Å². The van der Waals surface area contributed by atoms with Gasteiger partial charge in [0.2, 0.25) is 5.91 Å². The van der Waals surface area contributed by atoms with E-state index in [4.69, 9.17) is 0 Å². The minimum atomic E-state index is -0.668. The van der Waals surface area contributed by atoms with Gasteiger partial charge in [0.15, 0.2) is 0 Å². The molecule has 11 heteroatoms. The molecule has 1 atom stereocenters. The van der Waals surface area contributed by atoms with Gasteiger partial charge in [-0.3, -0.25) is 34.2 Å². The van der Waals surface area contributed by atoms with E-state index in [9.17, 15) is 34.4 Å². The van der Waals surface area contributed by atoms with E-state index in [2.05, 4.69) is 17.2 Å². The molecule has 0 radical (unpaired) electrons. The first-order chi connectivity index (χ1) is 15.8. The highest BCUT2D eigenvalue weighted by Crippen LogP contribution is 2.20. The number of aliphatic hydroxyl groups excluding tert-OH is 1. The lowest BCUT2D eigenvalue weighted by atomic mass is 10.1. The third kappa shape index (κ3) is 7.35. The summed E-state index contributed by atoms with van der Waals surface area (Å²) in [6.07, 6.45) is 5.29. The van der Waals surface area contributed by atoms with Crippen molar-refractivity contribution in [3.8, 4) is 0 Å². The molecule has 0 aliphatic carbocycles. The molecule has 0 saturated heterocycles. The Bertz CT molecular complexity index is 955. The molecule has 0 aromatic heterocycles. The van der Waals surface area contributed by atoms with E-state index >= 15 is 0 Å². The van der Waals surface area contributed by atoms with Gasteiger partial charge in [-0.1, -0.05) is 6.08 Å². The summed E-state index contributed by atoms with van der Waals surface area (Å²) in [7, 11) is 0. The second-order valence-electron chi connectivity index (χ2n) is 7.36. The fraction of sp³-hybridized carbons (Fsp3) is 0.364. The van der Waals surface area contributed by atoms with Gasteiger partial charge in [0.25, 0.3) is 23.4 Å². The molecule has 1 aliphatic heterocycles. The molecule has 3 N–H and O–H groups in total. The van der Waals surface area contributed by atoms with Crippen LogP contribution in [0.4, 0.5) is 5.69 Å². The molecule has 4 amide bonds. The number of carbonyl (C=O) groups is 4. The molecule has 1 unspecified atom stereocenters. The number of aliphatic hydroxyl groups is 1. The van der Waals surface area contributed by atoms with Crippen LogP contribution in [-0.4, -0.2) is 57.7 Å². The quantitative estimate of drug-likeness (QED) is 0.172. The number of nitrogens with one attached hydrogen (secondary N) is 2. The maximum atomic E-state index is 12.4. The summed E-state index contributed by atoms with van der Waals surface area (Å²) in [6.45, 7) is 3.39. The predicted molar refractivity (Wildman–Crippen MR) is 118 cm³/mol. The minimum absolute atomic E-state index is 0.0738. The summed E-state index contributed by atoms with van der Waals surface area (Å²) in [5.41, 5.74) is -0.170. The number of nitro groups is 1. The van der Waals surface area contributed by atoms with Crippen molar-refractivity contribution in [1.82, 2.24) is 15.5 Å². The van der Waals surface area contributed by atoms with Crippen molar-refractivity contribution in [2.75, 3.05) is 13.1 Å². The van der Waals surface area contributed by atoms with Crippen molar-refractivity contribution < 1.29 is 29.2 Å². The van der Waals surface area contributed by atoms with Gasteiger partial charge in [0, 0.05) is 49.3 Å². The van der Waals surface area contributed by atoms with Crippen molar-refractivity contribution in [3.05, 3.63) is 64.2 Å². The fourth-order valence-electron chi connectivity index (χ4n) is 3.32. The van der Waals surface area contributed by atoms with E-state index in [1.54, 1.807) is 0 Å². The lowest BCUT2D eigenvalue weighted by molar-refractivity contribution is -0.385. The molecule has 33 heavy (non-hydrogen) atoms. The second kappa shape index (κ2) is 12.2. The van der Waals surface area contributed by atoms with Crippen LogP contribution in [0.2, 0.25) is 0 Å². The Labute approximate surface area is 190 Å². The first-order valence-electron chi connectivity index (χ1n) is 10.4. The van der Waals surface area contributed by atoms with Crippen LogP contribution in [0.5, 0.6) is 0 Å². The van der Waals surface area contributed by atoms with Gasteiger partial charge in [0.05, 0.1) is 17.1 Å². The molecule has 2 rings (SSSR count). The molecule has 176 valence electrons. The van der Waals surface area contributed by atoms with Crippen LogP contribution in [0.25, 0.3) is 0 Å². The fourth-order valence-corrected chi connectivity index (χ4v) is 3.32. The smallest absolute Gasteiger partial charge is 0.275 e. The van der Waals surface area contributed by atoms with Gasteiger partial charge in [-0.2, -0.15) is 0 Å². The molecular formula is C22H26N4O7. The van der Waals surface area contributed by atoms with E-state index in [0.29, 0.717) is 19.3 Å². The number of imide groups is 1. The summed E-state index contributed by atoms with van der Waals surface area (Å²) in [5, 5.41) is 25.8. The predicted octanol–water partition coefficient (Wildman–Crippen LogP) is 0.973. The summed E-state index contributed by atoms with van der Waals surface area (Å²) in [4.78, 5) is 59.2. The number of nitro benzene ring substituents is 1. The standard InChI is InChI=1S/C22H26N4O7/c1-2-4-19(28)24-17(5-3-12-25-20(29)8-9-21(25)30)10-11-23-22(31)15-6-7-16(14-27)18(13-15)26(32)33/h2,6-9,13,17,27H,1,3-5,10-12,14H2,(H,23,31)(H,24,28). The van der Waals surface area contributed by atoms with Gasteiger partial charge < -0.3 is 15.7 Å². The number of benzene rings is 1. The average Bonchev–Trinajstić information content (AvgIpc) is 3.10. The highest BCUT2D eigenvalue weighted by molar-refractivity contribution is 6.12. The van der Waals surface area contributed by atoms with E-state index in [1.807, 2.05) is 0 Å². The summed E-state index contributed by atoms with van der Waals surface area (Å²) in [6, 6.07) is 3.48. The van der Waals surface area contributed by atoms with Crippen LogP contribution in [-0.2, 0) is 21.0 Å². The summed E-state index contributed by atoms with van der Waals surface area (Å²) in [5.74, 6) is -1.52. The molecule has 1 aromatic carbocycles. The minimum Gasteiger partial charge on any atom is -0.391 e. The van der Waals surface area contributed by atoms with Gasteiger partial charge >= 0.3 is 0 Å². The van der Waals surface area contributed by atoms with Crippen molar-refractivity contribution in [2.45, 2.75) is 38.3 Å². The first-order valence-corrected chi connectivity index (χ1v) is 10.4. The summed E-state index contributed by atoms with van der Waals surface area (Å²) < 4.78 is 0. The van der Waals surface area contributed by atoms with Crippen LogP contribution >= 0.6 is 0 Å². The molecule has 1 heterocycles. The van der Waals surface area contributed by atoms with E-state index in [-0.39, 0.29) is 60.1 Å². The maximum absolute atomic E-state index is 12.4. The number of rotatable bonds is 13. The zero-order valence-electron chi connectivity index (χ0n) is 18.0. The molecule has 0 fully saturated rings. The Morgan fingerprint density at radius 2 is 1.91 bits per heavy atom. The van der Waals surface area contributed by atoms with Gasteiger partial charge in [-0.25, -0.2) is 0 Å². The van der Waals surface area contributed by atoms with Crippen LogP contribution in [0.3, 0.4) is 0 Å². The van der Waals surface area contributed by atoms with Gasteiger partial charge in [-0.15, -0.1) is 6.58 Å². The van der Waals surface area contributed by atoms with E-state index in [1.165, 1.54) is 30.4 Å². The Morgan fingerprint density at radius 1 is 1.21 bits per heavy atom. The highest BCUT2D eigenvalue weighted by Gasteiger charge is 2.23. The van der Waals surface area contributed by atoms with E-state index < -0.39 is 17.4 Å². The molecule has 0 saturated carbocycles. The van der Waals surface area contributed by atoms with Gasteiger partial charge in [0.1, 0.15) is 0 Å². The lowest BCUT2D eigenvalue weighted by Gasteiger charge is -2.20. The number of nitrogens with zero attached hydrogens (tertiary/aromatic N) is 2. The molecular weight excluding hydrogens is 432 g/mol. The van der Waals surface area contributed by atoms with Gasteiger partial charge in [-0.05, 0) is 31.4 Å².